The average molecular weight is 280 g/mol. The summed E-state index contributed by atoms with van der Waals surface area (Å²) < 4.78 is 38.3. The molecular formula is C8H7F3N4O2S. The van der Waals surface area contributed by atoms with Crippen LogP contribution in [0.25, 0.3) is 0 Å². The van der Waals surface area contributed by atoms with Gasteiger partial charge in [-0.25, -0.2) is 9.78 Å². The molecule has 1 fully saturated rings. The molecular weight excluding hydrogens is 273 g/mol. The quantitative estimate of drug-likeness (QED) is 0.672. The molecule has 0 spiro atoms. The van der Waals surface area contributed by atoms with Crippen molar-refractivity contribution in [3.8, 4) is 0 Å². The van der Waals surface area contributed by atoms with E-state index in [0.717, 1.165) is 5.51 Å². The Hall–Kier alpha value is -1.68. The van der Waals surface area contributed by atoms with Gasteiger partial charge in [0.05, 0.1) is 5.51 Å². The van der Waals surface area contributed by atoms with Gasteiger partial charge in [-0.15, -0.1) is 11.3 Å². The summed E-state index contributed by atoms with van der Waals surface area (Å²) in [7, 11) is 0. The normalized spacial score (nSPS) is 24.0. The van der Waals surface area contributed by atoms with Gasteiger partial charge in [0.25, 0.3) is 5.91 Å². The number of thiazole rings is 1. The molecule has 1 aromatic rings. The maximum Gasteiger partial charge on any atom is 0.427 e. The van der Waals surface area contributed by atoms with E-state index in [4.69, 9.17) is 5.73 Å². The van der Waals surface area contributed by atoms with Crippen molar-refractivity contribution in [2.75, 3.05) is 6.54 Å². The molecule has 4 N–H and O–H groups in total. The Balaban J connectivity index is 2.56. The van der Waals surface area contributed by atoms with Crippen molar-refractivity contribution in [1.29, 1.82) is 0 Å². The smallest absolute Gasteiger partial charge is 0.327 e. The second-order valence-corrected chi connectivity index (χ2v) is 4.40. The SMILES string of the molecule is NCC1(c2ncsc2C(F)(F)F)NC(=O)NC1=O. The summed E-state index contributed by atoms with van der Waals surface area (Å²) >= 11 is 0.338. The maximum absolute atomic E-state index is 12.8. The molecule has 98 valence electrons. The van der Waals surface area contributed by atoms with Crippen LogP contribution >= 0.6 is 11.3 Å². The zero-order chi connectivity index (χ0) is 13.6. The fourth-order valence-electron chi connectivity index (χ4n) is 1.65. The van der Waals surface area contributed by atoms with E-state index in [1.54, 1.807) is 0 Å². The molecule has 3 amide bonds. The first-order chi connectivity index (χ1) is 8.31. The van der Waals surface area contributed by atoms with E-state index in [9.17, 15) is 22.8 Å². The monoisotopic (exact) mass is 280 g/mol. The maximum atomic E-state index is 12.8. The van der Waals surface area contributed by atoms with Gasteiger partial charge in [0.1, 0.15) is 10.6 Å². The van der Waals surface area contributed by atoms with Crippen LogP contribution in [-0.2, 0) is 16.5 Å². The number of amides is 3. The summed E-state index contributed by atoms with van der Waals surface area (Å²) in [4.78, 5) is 25.2. The zero-order valence-electron chi connectivity index (χ0n) is 8.67. The lowest BCUT2D eigenvalue weighted by Crippen LogP contribution is -2.51. The Labute approximate surface area is 102 Å². The van der Waals surface area contributed by atoms with Gasteiger partial charge < -0.3 is 11.1 Å². The molecule has 1 aliphatic rings. The largest absolute Gasteiger partial charge is 0.427 e. The lowest BCUT2D eigenvalue weighted by atomic mass is 9.94. The molecule has 6 nitrogen and oxygen atoms in total. The first-order valence-electron chi connectivity index (χ1n) is 4.66. The number of carbonyl (C=O) groups is 2. The summed E-state index contributed by atoms with van der Waals surface area (Å²) in [5.41, 5.74) is 3.76. The Bertz CT molecular complexity index is 515. The molecule has 0 aliphatic carbocycles. The third-order valence-electron chi connectivity index (χ3n) is 2.48. The lowest BCUT2D eigenvalue weighted by molar-refractivity contribution is -0.136. The van der Waals surface area contributed by atoms with Crippen LogP contribution in [0, 0.1) is 0 Å². The van der Waals surface area contributed by atoms with E-state index in [1.165, 1.54) is 0 Å². The Morgan fingerprint density at radius 3 is 2.56 bits per heavy atom. The molecule has 0 saturated carbocycles. The molecule has 0 radical (unpaired) electrons. The molecule has 0 bridgehead atoms. The third-order valence-corrected chi connectivity index (χ3v) is 3.35. The minimum atomic E-state index is -4.66. The summed E-state index contributed by atoms with van der Waals surface area (Å²) in [6, 6.07) is -0.897. The molecule has 1 saturated heterocycles. The predicted molar refractivity (Wildman–Crippen MR) is 54.5 cm³/mol. The van der Waals surface area contributed by atoms with Crippen molar-refractivity contribution in [2.24, 2.45) is 5.73 Å². The highest BCUT2D eigenvalue weighted by atomic mass is 32.1. The summed E-state index contributed by atoms with van der Waals surface area (Å²) in [5, 5.41) is 3.96. The Morgan fingerprint density at radius 2 is 2.11 bits per heavy atom. The van der Waals surface area contributed by atoms with Gasteiger partial charge in [0, 0.05) is 6.54 Å². The van der Waals surface area contributed by atoms with Crippen molar-refractivity contribution >= 4 is 23.3 Å². The number of nitrogens with zero attached hydrogens (tertiary/aromatic N) is 1. The van der Waals surface area contributed by atoms with Gasteiger partial charge in [-0.05, 0) is 0 Å². The van der Waals surface area contributed by atoms with Crippen LogP contribution in [0.1, 0.15) is 10.6 Å². The summed E-state index contributed by atoms with van der Waals surface area (Å²) in [5.74, 6) is -0.939. The topological polar surface area (TPSA) is 97.1 Å². The molecule has 1 unspecified atom stereocenters. The molecule has 10 heteroatoms. The van der Waals surface area contributed by atoms with Crippen LogP contribution in [0.15, 0.2) is 5.51 Å². The third kappa shape index (κ3) is 1.73. The van der Waals surface area contributed by atoms with Gasteiger partial charge in [0.15, 0.2) is 5.54 Å². The highest BCUT2D eigenvalue weighted by Gasteiger charge is 2.53. The molecule has 1 atom stereocenters. The summed E-state index contributed by atoms with van der Waals surface area (Å²) in [6.07, 6.45) is -4.66. The van der Waals surface area contributed by atoms with Gasteiger partial charge in [-0.1, -0.05) is 0 Å². The second-order valence-electron chi connectivity index (χ2n) is 3.55. The second kappa shape index (κ2) is 3.92. The Morgan fingerprint density at radius 1 is 1.44 bits per heavy atom. The number of urea groups is 1. The van der Waals surface area contributed by atoms with E-state index >= 15 is 0 Å². The van der Waals surface area contributed by atoms with Gasteiger partial charge in [-0.3, -0.25) is 10.1 Å². The number of hydrogen-bond donors (Lipinski definition) is 3. The van der Waals surface area contributed by atoms with Crippen LogP contribution in [0.4, 0.5) is 18.0 Å². The number of aromatic nitrogens is 1. The van der Waals surface area contributed by atoms with Crippen LogP contribution < -0.4 is 16.4 Å². The van der Waals surface area contributed by atoms with Crippen LogP contribution in [0.5, 0.6) is 0 Å². The van der Waals surface area contributed by atoms with Gasteiger partial charge >= 0.3 is 12.2 Å². The number of carbonyl (C=O) groups excluding carboxylic acids is 2. The molecule has 2 rings (SSSR count). The van der Waals surface area contributed by atoms with E-state index < -0.39 is 40.8 Å². The fourth-order valence-corrected chi connectivity index (χ4v) is 2.39. The molecule has 2 heterocycles. The average Bonchev–Trinajstić information content (AvgIpc) is 2.82. The van der Waals surface area contributed by atoms with Gasteiger partial charge in [-0.2, -0.15) is 13.2 Å². The number of imide groups is 1. The lowest BCUT2D eigenvalue weighted by Gasteiger charge is -2.23. The number of halogens is 3. The van der Waals surface area contributed by atoms with Crippen LogP contribution in [0.2, 0.25) is 0 Å². The zero-order valence-corrected chi connectivity index (χ0v) is 9.48. The van der Waals surface area contributed by atoms with Crippen molar-refractivity contribution in [2.45, 2.75) is 11.7 Å². The molecule has 0 aromatic carbocycles. The highest BCUT2D eigenvalue weighted by Crippen LogP contribution is 2.39. The predicted octanol–water partition coefficient (Wildman–Crippen LogP) is 0.155. The van der Waals surface area contributed by atoms with E-state index in [0.29, 0.717) is 11.3 Å². The highest BCUT2D eigenvalue weighted by molar-refractivity contribution is 7.09. The van der Waals surface area contributed by atoms with E-state index in [1.807, 2.05) is 5.32 Å². The van der Waals surface area contributed by atoms with Crippen molar-refractivity contribution < 1.29 is 22.8 Å². The minimum Gasteiger partial charge on any atom is -0.327 e. The number of rotatable bonds is 2. The molecule has 1 aliphatic heterocycles. The molecule has 1 aromatic heterocycles. The first-order valence-corrected chi connectivity index (χ1v) is 5.54. The summed E-state index contributed by atoms with van der Waals surface area (Å²) in [6.45, 7) is -0.516. The van der Waals surface area contributed by atoms with E-state index in [2.05, 4.69) is 10.3 Å². The van der Waals surface area contributed by atoms with Crippen LogP contribution in [-0.4, -0.2) is 23.5 Å². The van der Waals surface area contributed by atoms with Crippen molar-refractivity contribution in [3.05, 3.63) is 16.1 Å². The molecule has 18 heavy (non-hydrogen) atoms. The van der Waals surface area contributed by atoms with Gasteiger partial charge in [0.2, 0.25) is 0 Å². The number of nitrogens with one attached hydrogen (secondary N) is 2. The van der Waals surface area contributed by atoms with E-state index in [-0.39, 0.29) is 0 Å². The Kier molecular flexibility index (Phi) is 2.78. The number of nitrogens with two attached hydrogens (primary N) is 1. The standard InChI is InChI=1S/C8H7F3N4O2S/c9-8(10,11)4-3(13-2-18-4)7(1-12)5(16)14-6(17)15-7/h2H,1,12H2,(H2,14,15,16,17). The fraction of sp³-hybridized carbons (Fsp3) is 0.375. The minimum absolute atomic E-state index is 0.338. The number of hydrogen-bond acceptors (Lipinski definition) is 5. The first kappa shape index (κ1) is 12.8. The van der Waals surface area contributed by atoms with Crippen molar-refractivity contribution in [1.82, 2.24) is 15.6 Å². The van der Waals surface area contributed by atoms with Crippen molar-refractivity contribution in [3.63, 3.8) is 0 Å². The number of alkyl halides is 3. The van der Waals surface area contributed by atoms with Crippen LogP contribution in [0.3, 0.4) is 0 Å².